The van der Waals surface area contributed by atoms with Crippen LogP contribution in [0.25, 0.3) is 10.9 Å². The van der Waals surface area contributed by atoms with E-state index in [-0.39, 0.29) is 11.8 Å². The van der Waals surface area contributed by atoms with Gasteiger partial charge in [-0.25, -0.2) is 4.98 Å². The molecule has 7 heteroatoms. The topological polar surface area (TPSA) is 75.2 Å². The minimum Gasteiger partial charge on any atom is -0.383 e. The van der Waals surface area contributed by atoms with Gasteiger partial charge < -0.3 is 19.6 Å². The monoisotopic (exact) mass is 367 g/mol. The average molecular weight is 367 g/mol. The number of carbonyl (C=O) groups excluding carboxylic acids is 1. The van der Waals surface area contributed by atoms with Gasteiger partial charge in [-0.15, -0.1) is 0 Å². The first-order chi connectivity index (χ1) is 13.2. The Morgan fingerprint density at radius 1 is 1.41 bits per heavy atom. The second-order valence-electron chi connectivity index (χ2n) is 7.05. The number of H-pyrrole nitrogens is 1. The molecule has 142 valence electrons. The zero-order valence-electron chi connectivity index (χ0n) is 15.7. The summed E-state index contributed by atoms with van der Waals surface area (Å²) in [6.07, 6.45) is 3.77. The lowest BCUT2D eigenvalue weighted by Crippen LogP contribution is -2.42. The van der Waals surface area contributed by atoms with Crippen molar-refractivity contribution in [3.63, 3.8) is 0 Å². The van der Waals surface area contributed by atoms with E-state index in [0.29, 0.717) is 19.7 Å². The highest BCUT2D eigenvalue weighted by Gasteiger charge is 2.33. The van der Waals surface area contributed by atoms with Crippen LogP contribution in [0.3, 0.4) is 0 Å². The molecule has 1 aliphatic heterocycles. The number of nitrogens with one attached hydrogen (secondary N) is 2. The average Bonchev–Trinajstić information content (AvgIpc) is 3.29. The van der Waals surface area contributed by atoms with Crippen LogP contribution in [-0.2, 0) is 29.7 Å². The van der Waals surface area contributed by atoms with Crippen molar-refractivity contribution in [3.8, 4) is 0 Å². The quantitative estimate of drug-likeness (QED) is 0.651. The van der Waals surface area contributed by atoms with Gasteiger partial charge in [0.2, 0.25) is 5.91 Å². The van der Waals surface area contributed by atoms with Crippen molar-refractivity contribution < 1.29 is 9.53 Å². The molecule has 0 fully saturated rings. The molecule has 0 bridgehead atoms. The van der Waals surface area contributed by atoms with Gasteiger partial charge >= 0.3 is 0 Å². The van der Waals surface area contributed by atoms with Crippen molar-refractivity contribution in [2.75, 3.05) is 26.8 Å². The number of aromatic amines is 1. The highest BCUT2D eigenvalue weighted by molar-refractivity contribution is 5.84. The standard InChI is InChI=1S/C20H25N5O2/c1-24-13-23-18-12-25(10-14-4-3-5-17-15(14)6-7-21-17)11-16(19(18)24)20(26)22-8-9-27-2/h3-7,13,16,21H,8-12H2,1-2H3,(H,22,26). The Kier molecular flexibility index (Phi) is 4.96. The number of ether oxygens (including phenoxy) is 1. The Morgan fingerprint density at radius 3 is 3.15 bits per heavy atom. The Morgan fingerprint density at radius 2 is 2.30 bits per heavy atom. The molecule has 2 N–H and O–H groups in total. The minimum absolute atomic E-state index is 0.0291. The lowest BCUT2D eigenvalue weighted by Gasteiger charge is -2.32. The molecule has 0 spiro atoms. The number of imidazole rings is 1. The lowest BCUT2D eigenvalue weighted by atomic mass is 9.96. The van der Waals surface area contributed by atoms with Crippen molar-refractivity contribution >= 4 is 16.8 Å². The predicted octanol–water partition coefficient (Wildman–Crippen LogP) is 1.76. The molecule has 1 atom stereocenters. The molecule has 7 nitrogen and oxygen atoms in total. The van der Waals surface area contributed by atoms with E-state index in [1.165, 1.54) is 10.9 Å². The summed E-state index contributed by atoms with van der Waals surface area (Å²) in [6.45, 7) is 3.23. The van der Waals surface area contributed by atoms with Crippen LogP contribution in [0.2, 0.25) is 0 Å². The number of benzene rings is 1. The first kappa shape index (κ1) is 17.8. The highest BCUT2D eigenvalue weighted by atomic mass is 16.5. The van der Waals surface area contributed by atoms with Gasteiger partial charge in [0.25, 0.3) is 0 Å². The number of hydrogen-bond donors (Lipinski definition) is 2. The van der Waals surface area contributed by atoms with Gasteiger partial charge in [-0.05, 0) is 17.7 Å². The van der Waals surface area contributed by atoms with E-state index in [1.807, 2.05) is 17.8 Å². The van der Waals surface area contributed by atoms with Crippen molar-refractivity contribution in [2.45, 2.75) is 19.0 Å². The van der Waals surface area contributed by atoms with Gasteiger partial charge in [-0.1, -0.05) is 12.1 Å². The fraction of sp³-hybridized carbons (Fsp3) is 0.400. The summed E-state index contributed by atoms with van der Waals surface area (Å²) in [5.74, 6) is -0.204. The molecule has 4 rings (SSSR count). The number of amides is 1. The van der Waals surface area contributed by atoms with Gasteiger partial charge in [0.15, 0.2) is 0 Å². The SMILES string of the molecule is COCCNC(=O)C1CN(Cc2cccc3[nH]ccc23)Cc2ncn(C)c21. The molecule has 3 aromatic rings. The van der Waals surface area contributed by atoms with Crippen molar-refractivity contribution in [1.29, 1.82) is 0 Å². The van der Waals surface area contributed by atoms with Gasteiger partial charge in [0, 0.05) is 57.4 Å². The fourth-order valence-electron chi connectivity index (χ4n) is 3.93. The van der Waals surface area contributed by atoms with Gasteiger partial charge in [-0.3, -0.25) is 9.69 Å². The summed E-state index contributed by atoms with van der Waals surface area (Å²) in [7, 11) is 3.59. The molecule has 1 amide bonds. The Balaban J connectivity index is 1.57. The van der Waals surface area contributed by atoms with Gasteiger partial charge in [0.1, 0.15) is 0 Å². The van der Waals surface area contributed by atoms with E-state index in [4.69, 9.17) is 4.74 Å². The normalized spacial score (nSPS) is 17.2. The zero-order chi connectivity index (χ0) is 18.8. The first-order valence-electron chi connectivity index (χ1n) is 9.21. The van der Waals surface area contributed by atoms with Gasteiger partial charge in [-0.2, -0.15) is 0 Å². The first-order valence-corrected chi connectivity index (χ1v) is 9.21. The smallest absolute Gasteiger partial charge is 0.230 e. The number of rotatable bonds is 6. The highest BCUT2D eigenvalue weighted by Crippen LogP contribution is 2.29. The Bertz CT molecular complexity index is 945. The third kappa shape index (κ3) is 3.48. The third-order valence-electron chi connectivity index (χ3n) is 5.21. The van der Waals surface area contributed by atoms with E-state index in [0.717, 1.165) is 30.0 Å². The second kappa shape index (κ2) is 7.54. The van der Waals surface area contributed by atoms with E-state index in [2.05, 4.69) is 44.5 Å². The lowest BCUT2D eigenvalue weighted by molar-refractivity contribution is -0.123. The predicted molar refractivity (Wildman–Crippen MR) is 103 cm³/mol. The maximum absolute atomic E-state index is 12.8. The zero-order valence-corrected chi connectivity index (χ0v) is 15.7. The number of hydrogen-bond acceptors (Lipinski definition) is 4. The van der Waals surface area contributed by atoms with Crippen molar-refractivity contribution in [1.82, 2.24) is 24.8 Å². The largest absolute Gasteiger partial charge is 0.383 e. The third-order valence-corrected chi connectivity index (χ3v) is 5.21. The van der Waals surface area contributed by atoms with E-state index in [1.54, 1.807) is 13.4 Å². The molecule has 1 aromatic carbocycles. The fourth-order valence-corrected chi connectivity index (χ4v) is 3.93. The van der Waals surface area contributed by atoms with Crippen LogP contribution in [0.4, 0.5) is 0 Å². The summed E-state index contributed by atoms with van der Waals surface area (Å²) in [5.41, 5.74) is 4.39. The molecule has 3 heterocycles. The minimum atomic E-state index is -0.233. The number of aryl methyl sites for hydroxylation is 1. The van der Waals surface area contributed by atoms with E-state index >= 15 is 0 Å². The molecule has 2 aromatic heterocycles. The summed E-state index contributed by atoms with van der Waals surface area (Å²) >= 11 is 0. The van der Waals surface area contributed by atoms with Crippen LogP contribution in [0.15, 0.2) is 36.8 Å². The maximum Gasteiger partial charge on any atom is 0.230 e. The number of carbonyl (C=O) groups is 1. The van der Waals surface area contributed by atoms with Crippen LogP contribution in [0, 0.1) is 0 Å². The summed E-state index contributed by atoms with van der Waals surface area (Å²) < 4.78 is 7.02. The van der Waals surface area contributed by atoms with Crippen LogP contribution in [0.1, 0.15) is 22.9 Å². The van der Waals surface area contributed by atoms with Crippen molar-refractivity contribution in [2.24, 2.45) is 7.05 Å². The summed E-state index contributed by atoms with van der Waals surface area (Å²) in [5, 5.41) is 4.21. The van der Waals surface area contributed by atoms with Crippen LogP contribution < -0.4 is 5.32 Å². The van der Waals surface area contributed by atoms with Crippen LogP contribution >= 0.6 is 0 Å². The maximum atomic E-state index is 12.8. The molecule has 0 saturated carbocycles. The molecule has 27 heavy (non-hydrogen) atoms. The number of aromatic nitrogens is 3. The molecule has 1 aliphatic rings. The van der Waals surface area contributed by atoms with Gasteiger partial charge in [0.05, 0.1) is 30.2 Å². The van der Waals surface area contributed by atoms with Crippen molar-refractivity contribution in [3.05, 3.63) is 53.7 Å². The number of nitrogens with zero attached hydrogens (tertiary/aromatic N) is 3. The molecular weight excluding hydrogens is 342 g/mol. The van der Waals surface area contributed by atoms with Crippen LogP contribution in [0.5, 0.6) is 0 Å². The molecular formula is C20H25N5O2. The second-order valence-corrected chi connectivity index (χ2v) is 7.05. The number of fused-ring (bicyclic) bond motifs is 2. The molecule has 0 aliphatic carbocycles. The van der Waals surface area contributed by atoms with Crippen LogP contribution in [-0.4, -0.2) is 52.1 Å². The molecule has 0 saturated heterocycles. The summed E-state index contributed by atoms with van der Waals surface area (Å²) in [6, 6.07) is 8.41. The molecule has 0 radical (unpaired) electrons. The van der Waals surface area contributed by atoms with E-state index in [9.17, 15) is 4.79 Å². The Hall–Kier alpha value is -2.64. The summed E-state index contributed by atoms with van der Waals surface area (Å²) in [4.78, 5) is 22.9. The number of methoxy groups -OCH3 is 1. The molecule has 1 unspecified atom stereocenters. The Labute approximate surface area is 158 Å². The van der Waals surface area contributed by atoms with E-state index < -0.39 is 0 Å².